The van der Waals surface area contributed by atoms with Crippen LogP contribution < -0.4 is 0 Å². The third-order valence-electron chi connectivity index (χ3n) is 0. The van der Waals surface area contributed by atoms with Crippen molar-refractivity contribution >= 4 is 7.82 Å². The number of hydrogen-bond acceptors (Lipinski definition) is 3. The van der Waals surface area contributed by atoms with Gasteiger partial charge in [0.1, 0.15) is 0 Å². The summed E-state index contributed by atoms with van der Waals surface area (Å²) >= 11 is 3.69. The maximum absolute atomic E-state index is 8.88. The molecule has 0 aliphatic heterocycles. The maximum atomic E-state index is 8.88. The van der Waals surface area contributed by atoms with Gasteiger partial charge < -0.3 is 14.7 Å². The van der Waals surface area contributed by atoms with E-state index in [0.717, 1.165) is 17.4 Å². The van der Waals surface area contributed by atoms with Gasteiger partial charge >= 0.3 is 48.2 Å². The van der Waals surface area contributed by atoms with Crippen LogP contribution in [0.25, 0.3) is 0 Å². The van der Waals surface area contributed by atoms with Crippen molar-refractivity contribution in [3.8, 4) is 0 Å². The van der Waals surface area contributed by atoms with Gasteiger partial charge in [0.15, 0.2) is 0 Å². The van der Waals surface area contributed by atoms with Crippen molar-refractivity contribution in [2.75, 3.05) is 0 Å². The third-order valence-corrected chi connectivity index (χ3v) is 0. The molecule has 0 aromatic heterocycles. The van der Waals surface area contributed by atoms with Crippen LogP contribution in [-0.4, -0.2) is 14.7 Å². The number of phosphoric acid groups is 1. The van der Waals surface area contributed by atoms with Crippen LogP contribution >= 0.6 is 7.82 Å². The van der Waals surface area contributed by atoms with Gasteiger partial charge in [-0.2, -0.15) is 0 Å². The fourth-order valence-electron chi connectivity index (χ4n) is 0. The Hall–Kier alpha value is 0.788. The van der Waals surface area contributed by atoms with Crippen LogP contribution in [0.1, 0.15) is 0 Å². The monoisotopic (exact) mass is 239 g/mol. The standard InChI is InChI=1S/Ni.H3O4P.2O.V/c;1-5(2,3)4;;;/h;(H3,1,2,3,4);;;. The Kier molecular flexibility index (Phi) is 21.1. The van der Waals surface area contributed by atoms with Gasteiger partial charge in [0, 0.05) is 0 Å². The molecule has 0 rings (SSSR count). The Morgan fingerprint density at radius 3 is 1.11 bits per heavy atom. The van der Waals surface area contributed by atoms with Crippen molar-refractivity contribution in [2.24, 2.45) is 0 Å². The van der Waals surface area contributed by atoms with Crippen LogP contribution in [0.3, 0.4) is 0 Å². The average molecular weight is 240 g/mol. The predicted molar refractivity (Wildman–Crippen MR) is 15.6 cm³/mol. The molecule has 9 heteroatoms. The van der Waals surface area contributed by atoms with Crippen LogP contribution in [0.15, 0.2) is 0 Å². The molecule has 0 saturated heterocycles. The first-order valence-corrected chi connectivity index (χ1v) is 3.63. The molecular weight excluding hydrogens is 237 g/mol. The zero-order valence-electron chi connectivity index (χ0n) is 3.78. The van der Waals surface area contributed by atoms with Gasteiger partial charge in [0.25, 0.3) is 0 Å². The summed E-state index contributed by atoms with van der Waals surface area (Å²) in [6.45, 7) is 0. The molecule has 0 saturated carbocycles. The summed E-state index contributed by atoms with van der Waals surface area (Å²) in [5.41, 5.74) is 0. The van der Waals surface area contributed by atoms with Gasteiger partial charge in [0.05, 0.1) is 0 Å². The van der Waals surface area contributed by atoms with Crippen molar-refractivity contribution in [1.82, 2.24) is 0 Å². The van der Waals surface area contributed by atoms with Crippen molar-refractivity contribution in [2.45, 2.75) is 0 Å². The van der Waals surface area contributed by atoms with Crippen molar-refractivity contribution < 1.29 is 59.6 Å². The van der Waals surface area contributed by atoms with Crippen LogP contribution in [0.4, 0.5) is 0 Å². The summed E-state index contributed by atoms with van der Waals surface area (Å²) < 4.78 is 24.9. The summed E-state index contributed by atoms with van der Waals surface area (Å²) in [7, 11) is -4.64. The van der Waals surface area contributed by atoms with Crippen molar-refractivity contribution in [3.05, 3.63) is 0 Å². The van der Waals surface area contributed by atoms with E-state index in [1.165, 1.54) is 0 Å². The molecule has 59 valence electrons. The predicted octanol–water partition coefficient (Wildman–Crippen LogP) is -1.17. The fourth-order valence-corrected chi connectivity index (χ4v) is 0. The molecular formula is H3NiO6PV. The first-order chi connectivity index (χ1) is 4.00. The van der Waals surface area contributed by atoms with Crippen LogP contribution in [0.5, 0.6) is 0 Å². The van der Waals surface area contributed by atoms with Crippen molar-refractivity contribution in [1.29, 1.82) is 0 Å². The topological polar surface area (TPSA) is 112 Å². The van der Waals surface area contributed by atoms with Crippen LogP contribution in [-0.2, 0) is 44.9 Å². The van der Waals surface area contributed by atoms with Gasteiger partial charge in [-0.25, -0.2) is 4.57 Å². The molecule has 3 N–H and O–H groups in total. The third kappa shape index (κ3) is 652. The second-order valence-electron chi connectivity index (χ2n) is 0.513. The second-order valence-corrected chi connectivity index (χ2v) is 1.54. The van der Waals surface area contributed by atoms with E-state index in [1.807, 2.05) is 0 Å². The molecule has 0 aromatic carbocycles. The first-order valence-electron chi connectivity index (χ1n) is 1.09. The van der Waals surface area contributed by atoms with E-state index in [-0.39, 0.29) is 0 Å². The van der Waals surface area contributed by atoms with E-state index in [9.17, 15) is 0 Å². The normalized spacial score (nSPS) is 7.56. The molecule has 0 heterocycles. The Bertz CT molecular complexity index is 76.8. The molecule has 0 amide bonds. The van der Waals surface area contributed by atoms with Crippen LogP contribution in [0.2, 0.25) is 0 Å². The minimum atomic E-state index is -4.64. The molecule has 0 atom stereocenters. The summed E-state index contributed by atoms with van der Waals surface area (Å²) in [6.07, 6.45) is 0. The van der Waals surface area contributed by atoms with E-state index in [4.69, 9.17) is 26.8 Å². The zero-order valence-corrected chi connectivity index (χ0v) is 7.06. The zero-order chi connectivity index (χ0) is 8.50. The summed E-state index contributed by atoms with van der Waals surface area (Å²) in [5, 5.41) is 0. The van der Waals surface area contributed by atoms with E-state index in [2.05, 4.69) is 15.4 Å². The Balaban J connectivity index is -0.0000000771. The van der Waals surface area contributed by atoms with E-state index >= 15 is 0 Å². The Labute approximate surface area is 67.7 Å². The van der Waals surface area contributed by atoms with Crippen molar-refractivity contribution in [3.63, 3.8) is 0 Å². The minimum absolute atomic E-state index is 1.06. The Morgan fingerprint density at radius 1 is 1.11 bits per heavy atom. The Morgan fingerprint density at radius 2 is 1.11 bits per heavy atom. The molecule has 0 aliphatic rings. The van der Waals surface area contributed by atoms with E-state index < -0.39 is 7.82 Å². The molecule has 0 aromatic rings. The first kappa shape index (κ1) is 16.4. The molecule has 0 aliphatic carbocycles. The van der Waals surface area contributed by atoms with E-state index in [0.29, 0.717) is 0 Å². The van der Waals surface area contributed by atoms with Gasteiger partial charge in [-0.3, -0.25) is 0 Å². The quantitative estimate of drug-likeness (QED) is 0.363. The molecule has 0 bridgehead atoms. The summed E-state index contributed by atoms with van der Waals surface area (Å²) in [4.78, 5) is 21.6. The molecule has 6 nitrogen and oxygen atoms in total. The SMILES string of the molecule is O=P(O)(O)O.[O]=[Ni].[O]=[V]. The second kappa shape index (κ2) is 11.6. The van der Waals surface area contributed by atoms with E-state index in [1.54, 1.807) is 0 Å². The summed E-state index contributed by atoms with van der Waals surface area (Å²) in [6, 6.07) is 0. The van der Waals surface area contributed by atoms with Gasteiger partial charge in [-0.05, 0) is 0 Å². The van der Waals surface area contributed by atoms with Gasteiger partial charge in [-0.15, -0.1) is 0 Å². The molecule has 0 spiro atoms. The van der Waals surface area contributed by atoms with Crippen LogP contribution in [0, 0.1) is 0 Å². The van der Waals surface area contributed by atoms with Gasteiger partial charge in [0.2, 0.25) is 0 Å². The van der Waals surface area contributed by atoms with Gasteiger partial charge in [-0.1, -0.05) is 0 Å². The number of hydrogen-bond donors (Lipinski definition) is 3. The summed E-state index contributed by atoms with van der Waals surface area (Å²) in [5.74, 6) is 0. The number of rotatable bonds is 0. The molecule has 0 unspecified atom stereocenters. The molecule has 9 heavy (non-hydrogen) atoms. The fraction of sp³-hybridized carbons (Fsp3) is 0. The average Bonchev–Trinajstić information content (AvgIpc) is 1.72. The molecule has 0 fully saturated rings. The molecule has 0 radical (unpaired) electrons.